The van der Waals surface area contributed by atoms with Gasteiger partial charge in [-0.15, -0.1) is 0 Å². The highest BCUT2D eigenvalue weighted by atomic mass is 19.4. The van der Waals surface area contributed by atoms with Gasteiger partial charge < -0.3 is 4.98 Å². The zero-order valence-corrected chi connectivity index (χ0v) is 6.56. The monoisotopic (exact) mass is 192 g/mol. The molecule has 0 aliphatic heterocycles. The van der Waals surface area contributed by atoms with Gasteiger partial charge in [-0.3, -0.25) is 4.79 Å². The topological polar surface area (TPSA) is 45.8 Å². The number of alkyl halides is 3. The van der Waals surface area contributed by atoms with Crippen molar-refractivity contribution in [2.45, 2.75) is 19.0 Å². The van der Waals surface area contributed by atoms with E-state index in [1.807, 2.05) is 0 Å². The molecule has 0 saturated carbocycles. The van der Waals surface area contributed by atoms with Crippen molar-refractivity contribution in [1.82, 2.24) is 9.97 Å². The van der Waals surface area contributed by atoms with Gasteiger partial charge in [-0.25, -0.2) is 4.98 Å². The Labute approximate surface area is 72.0 Å². The molecule has 1 N–H and O–H groups in total. The largest absolute Gasteiger partial charge is 0.389 e. The SMILES string of the molecule is O=C(CCC(F)(F)F)c1ncc[nH]1. The summed E-state index contributed by atoms with van der Waals surface area (Å²) < 4.78 is 35.0. The third-order valence-electron chi connectivity index (χ3n) is 1.40. The summed E-state index contributed by atoms with van der Waals surface area (Å²) in [5.41, 5.74) is 0. The Morgan fingerprint density at radius 3 is 2.69 bits per heavy atom. The molecule has 0 spiro atoms. The molecule has 0 aliphatic carbocycles. The predicted molar refractivity (Wildman–Crippen MR) is 38.2 cm³/mol. The maximum absolute atomic E-state index is 11.7. The summed E-state index contributed by atoms with van der Waals surface area (Å²) in [7, 11) is 0. The van der Waals surface area contributed by atoms with Crippen LogP contribution < -0.4 is 0 Å². The van der Waals surface area contributed by atoms with Crippen LogP contribution in [0.5, 0.6) is 0 Å². The van der Waals surface area contributed by atoms with Crippen molar-refractivity contribution in [3.63, 3.8) is 0 Å². The van der Waals surface area contributed by atoms with E-state index in [2.05, 4.69) is 9.97 Å². The van der Waals surface area contributed by atoms with E-state index in [9.17, 15) is 18.0 Å². The molecule has 0 atom stereocenters. The van der Waals surface area contributed by atoms with E-state index < -0.39 is 24.8 Å². The number of rotatable bonds is 3. The van der Waals surface area contributed by atoms with E-state index in [4.69, 9.17) is 0 Å². The van der Waals surface area contributed by atoms with Gasteiger partial charge >= 0.3 is 6.18 Å². The van der Waals surface area contributed by atoms with Crippen molar-refractivity contribution in [3.8, 4) is 0 Å². The zero-order valence-electron chi connectivity index (χ0n) is 6.56. The second kappa shape index (κ2) is 3.59. The van der Waals surface area contributed by atoms with Crippen LogP contribution in [0.2, 0.25) is 0 Å². The third kappa shape index (κ3) is 3.27. The Bertz CT molecular complexity index is 278. The number of aromatic amines is 1. The first kappa shape index (κ1) is 9.76. The summed E-state index contributed by atoms with van der Waals surface area (Å²) in [6, 6.07) is 0. The van der Waals surface area contributed by atoms with Gasteiger partial charge in [0, 0.05) is 18.8 Å². The summed E-state index contributed by atoms with van der Waals surface area (Å²) in [5.74, 6) is -0.647. The molecule has 0 unspecified atom stereocenters. The van der Waals surface area contributed by atoms with Gasteiger partial charge in [0.15, 0.2) is 11.6 Å². The lowest BCUT2D eigenvalue weighted by Crippen LogP contribution is -2.11. The van der Waals surface area contributed by atoms with Crippen LogP contribution >= 0.6 is 0 Å². The highest BCUT2D eigenvalue weighted by Gasteiger charge is 2.28. The van der Waals surface area contributed by atoms with Gasteiger partial charge in [0.05, 0.1) is 6.42 Å². The number of nitrogens with zero attached hydrogens (tertiary/aromatic N) is 1. The number of hydrogen-bond acceptors (Lipinski definition) is 2. The Hall–Kier alpha value is -1.33. The lowest BCUT2D eigenvalue weighted by molar-refractivity contribution is -0.133. The van der Waals surface area contributed by atoms with E-state index in [1.54, 1.807) is 0 Å². The van der Waals surface area contributed by atoms with E-state index in [0.29, 0.717) is 0 Å². The number of imidazole rings is 1. The Morgan fingerprint density at radius 1 is 1.54 bits per heavy atom. The fraction of sp³-hybridized carbons (Fsp3) is 0.429. The number of hydrogen-bond donors (Lipinski definition) is 1. The average molecular weight is 192 g/mol. The lowest BCUT2D eigenvalue weighted by Gasteiger charge is -2.03. The normalized spacial score (nSPS) is 11.6. The van der Waals surface area contributed by atoms with E-state index >= 15 is 0 Å². The molecule has 1 heterocycles. The minimum Gasteiger partial charge on any atom is -0.342 e. The lowest BCUT2D eigenvalue weighted by atomic mass is 10.2. The average Bonchev–Trinajstić information content (AvgIpc) is 2.50. The van der Waals surface area contributed by atoms with Crippen LogP contribution in [0.3, 0.4) is 0 Å². The van der Waals surface area contributed by atoms with E-state index in [1.165, 1.54) is 12.4 Å². The molecule has 1 aromatic rings. The fourth-order valence-corrected chi connectivity index (χ4v) is 0.791. The number of H-pyrrole nitrogens is 1. The number of aromatic nitrogens is 2. The highest BCUT2D eigenvalue weighted by molar-refractivity contribution is 5.92. The summed E-state index contributed by atoms with van der Waals surface area (Å²) in [5, 5.41) is 0. The van der Waals surface area contributed by atoms with Crippen molar-refractivity contribution >= 4 is 5.78 Å². The predicted octanol–water partition coefficient (Wildman–Crippen LogP) is 1.93. The molecule has 6 heteroatoms. The molecule has 0 aliphatic rings. The molecule has 0 amide bonds. The van der Waals surface area contributed by atoms with E-state index in [-0.39, 0.29) is 5.82 Å². The molecular formula is C7H7F3N2O. The van der Waals surface area contributed by atoms with Crippen LogP contribution in [0.4, 0.5) is 13.2 Å². The van der Waals surface area contributed by atoms with Crippen molar-refractivity contribution in [3.05, 3.63) is 18.2 Å². The Kier molecular flexibility index (Phi) is 2.69. The quantitative estimate of drug-likeness (QED) is 0.743. The van der Waals surface area contributed by atoms with Gasteiger partial charge in [0.25, 0.3) is 0 Å². The maximum Gasteiger partial charge on any atom is 0.389 e. The summed E-state index contributed by atoms with van der Waals surface area (Å²) in [6.45, 7) is 0. The minimum absolute atomic E-state index is 0.0238. The zero-order chi connectivity index (χ0) is 9.90. The van der Waals surface area contributed by atoms with Crippen molar-refractivity contribution in [2.24, 2.45) is 0 Å². The van der Waals surface area contributed by atoms with Crippen LogP contribution in [0.15, 0.2) is 12.4 Å². The number of carbonyl (C=O) groups is 1. The molecule has 72 valence electrons. The number of halogens is 3. The number of carbonyl (C=O) groups excluding carboxylic acids is 1. The van der Waals surface area contributed by atoms with Gasteiger partial charge in [0.2, 0.25) is 0 Å². The second-order valence-electron chi connectivity index (χ2n) is 2.48. The minimum atomic E-state index is -4.29. The van der Waals surface area contributed by atoms with E-state index in [0.717, 1.165) is 0 Å². The van der Waals surface area contributed by atoms with Crippen molar-refractivity contribution < 1.29 is 18.0 Å². The number of ketones is 1. The molecule has 0 aromatic carbocycles. The third-order valence-corrected chi connectivity index (χ3v) is 1.40. The van der Waals surface area contributed by atoms with Crippen LogP contribution in [-0.2, 0) is 0 Å². The molecule has 0 radical (unpaired) electrons. The molecule has 0 saturated heterocycles. The van der Waals surface area contributed by atoms with Crippen molar-refractivity contribution in [2.75, 3.05) is 0 Å². The first-order valence-electron chi connectivity index (χ1n) is 3.58. The summed E-state index contributed by atoms with van der Waals surface area (Å²) in [4.78, 5) is 16.9. The van der Waals surface area contributed by atoms with Crippen LogP contribution in [-0.4, -0.2) is 21.9 Å². The first-order chi connectivity index (χ1) is 5.99. The van der Waals surface area contributed by atoms with Gasteiger partial charge in [0.1, 0.15) is 0 Å². The van der Waals surface area contributed by atoms with Gasteiger partial charge in [-0.1, -0.05) is 0 Å². The summed E-state index contributed by atoms with van der Waals surface area (Å²) >= 11 is 0. The van der Waals surface area contributed by atoms with Crippen molar-refractivity contribution in [1.29, 1.82) is 0 Å². The molecule has 0 fully saturated rings. The highest BCUT2D eigenvalue weighted by Crippen LogP contribution is 2.21. The standard InChI is InChI=1S/C7H7F3N2O/c8-7(9,10)2-1-5(13)6-11-3-4-12-6/h3-4H,1-2H2,(H,11,12). The Morgan fingerprint density at radius 2 is 2.23 bits per heavy atom. The molecule has 3 nitrogen and oxygen atoms in total. The first-order valence-corrected chi connectivity index (χ1v) is 3.58. The van der Waals surface area contributed by atoms with Gasteiger partial charge in [-0.2, -0.15) is 13.2 Å². The molecule has 0 bridgehead atoms. The summed E-state index contributed by atoms with van der Waals surface area (Å²) in [6.07, 6.45) is -3.24. The van der Waals surface area contributed by atoms with Crippen LogP contribution in [0.1, 0.15) is 23.5 Å². The van der Waals surface area contributed by atoms with Crippen LogP contribution in [0.25, 0.3) is 0 Å². The fourth-order valence-electron chi connectivity index (χ4n) is 0.791. The Balaban J connectivity index is 2.44. The molecule has 1 aromatic heterocycles. The molecule has 1 rings (SSSR count). The second-order valence-corrected chi connectivity index (χ2v) is 2.48. The molecular weight excluding hydrogens is 185 g/mol. The number of nitrogens with one attached hydrogen (secondary N) is 1. The number of Topliss-reactive ketones (excluding diaryl/α,β-unsaturated/α-hetero) is 1. The smallest absolute Gasteiger partial charge is 0.342 e. The molecule has 13 heavy (non-hydrogen) atoms. The van der Waals surface area contributed by atoms with Gasteiger partial charge in [-0.05, 0) is 0 Å². The maximum atomic E-state index is 11.7. The van der Waals surface area contributed by atoms with Crippen LogP contribution in [0, 0.1) is 0 Å².